The summed E-state index contributed by atoms with van der Waals surface area (Å²) in [5, 5.41) is 0. The van der Waals surface area contributed by atoms with E-state index >= 15 is 0 Å². The monoisotopic (exact) mass is 281 g/mol. The molecule has 1 aliphatic rings. The average Bonchev–Trinajstić information content (AvgIpc) is 2.48. The SMILES string of the molecule is COCCN1CCc2ccc([AsH2])cc2CC1. The molecule has 0 N–H and O–H groups in total. The Morgan fingerprint density at radius 2 is 2.00 bits per heavy atom. The van der Waals surface area contributed by atoms with E-state index in [0.29, 0.717) is 0 Å². The van der Waals surface area contributed by atoms with Crippen LogP contribution in [0.15, 0.2) is 18.2 Å². The molecule has 1 atom stereocenters. The van der Waals surface area contributed by atoms with Crippen molar-refractivity contribution in [1.29, 1.82) is 0 Å². The van der Waals surface area contributed by atoms with E-state index in [-0.39, 0.29) is 0 Å². The van der Waals surface area contributed by atoms with Crippen LogP contribution in [0, 0.1) is 0 Å². The molecule has 1 aromatic rings. The zero-order chi connectivity index (χ0) is 11.4. The number of benzene rings is 1. The van der Waals surface area contributed by atoms with Crippen LogP contribution in [0.2, 0.25) is 0 Å². The van der Waals surface area contributed by atoms with Gasteiger partial charge in [-0.2, -0.15) is 0 Å². The van der Waals surface area contributed by atoms with Gasteiger partial charge in [0.25, 0.3) is 0 Å². The van der Waals surface area contributed by atoms with E-state index in [1.165, 1.54) is 30.3 Å². The molecule has 0 bridgehead atoms. The van der Waals surface area contributed by atoms with E-state index in [1.54, 1.807) is 35.1 Å². The normalized spacial score (nSPS) is 16.9. The molecule has 0 radical (unpaired) electrons. The molecule has 0 amide bonds. The molecular formula is C13H20AsNO. The summed E-state index contributed by atoms with van der Waals surface area (Å²) < 4.78 is 6.58. The minimum absolute atomic E-state index is 0.846. The van der Waals surface area contributed by atoms with Crippen molar-refractivity contribution in [3.05, 3.63) is 29.3 Å². The Morgan fingerprint density at radius 3 is 2.75 bits per heavy atom. The summed E-state index contributed by atoms with van der Waals surface area (Å²) in [5.74, 6) is 0. The Kier molecular flexibility index (Phi) is 4.45. The molecule has 16 heavy (non-hydrogen) atoms. The molecule has 88 valence electrons. The summed E-state index contributed by atoms with van der Waals surface area (Å²) in [7, 11) is 1.78. The first-order chi connectivity index (χ1) is 7.79. The van der Waals surface area contributed by atoms with Crippen molar-refractivity contribution in [3.63, 3.8) is 0 Å². The van der Waals surface area contributed by atoms with E-state index in [2.05, 4.69) is 23.1 Å². The van der Waals surface area contributed by atoms with E-state index in [9.17, 15) is 0 Å². The Morgan fingerprint density at radius 1 is 1.25 bits per heavy atom. The number of hydrogen-bond donors (Lipinski definition) is 0. The van der Waals surface area contributed by atoms with Crippen LogP contribution >= 0.6 is 0 Å². The van der Waals surface area contributed by atoms with Crippen LogP contribution in [0.4, 0.5) is 0 Å². The summed E-state index contributed by atoms with van der Waals surface area (Å²) in [6.07, 6.45) is 2.38. The fourth-order valence-electron chi connectivity index (χ4n) is 2.24. The second kappa shape index (κ2) is 5.86. The van der Waals surface area contributed by atoms with Crippen molar-refractivity contribution in [1.82, 2.24) is 4.90 Å². The van der Waals surface area contributed by atoms with Gasteiger partial charge in [0.1, 0.15) is 0 Å². The molecule has 2 nitrogen and oxygen atoms in total. The quantitative estimate of drug-likeness (QED) is 0.723. The first kappa shape index (κ1) is 12.2. The number of hydrogen-bond acceptors (Lipinski definition) is 2. The molecular weight excluding hydrogens is 261 g/mol. The van der Waals surface area contributed by atoms with Crippen molar-refractivity contribution < 1.29 is 4.74 Å². The molecule has 1 aromatic carbocycles. The second-order valence-corrected chi connectivity index (χ2v) is 5.76. The van der Waals surface area contributed by atoms with Gasteiger partial charge in [-0.05, 0) is 0 Å². The molecule has 2 rings (SSSR count). The van der Waals surface area contributed by atoms with Gasteiger partial charge in [-0.25, -0.2) is 0 Å². The number of nitrogens with zero attached hydrogens (tertiary/aromatic N) is 1. The van der Waals surface area contributed by atoms with Gasteiger partial charge in [0.15, 0.2) is 0 Å². The third-order valence-electron chi connectivity index (χ3n) is 3.24. The summed E-state index contributed by atoms with van der Waals surface area (Å²) in [5.41, 5.74) is 3.10. The van der Waals surface area contributed by atoms with Gasteiger partial charge in [0.05, 0.1) is 0 Å². The van der Waals surface area contributed by atoms with E-state index in [0.717, 1.165) is 13.2 Å². The third kappa shape index (κ3) is 3.10. The Labute approximate surface area is 106 Å². The summed E-state index contributed by atoms with van der Waals surface area (Å²) >= 11 is 1.72. The van der Waals surface area contributed by atoms with Crippen molar-refractivity contribution in [3.8, 4) is 0 Å². The molecule has 0 saturated carbocycles. The molecule has 0 saturated heterocycles. The first-order valence-corrected chi connectivity index (χ1v) is 7.09. The van der Waals surface area contributed by atoms with Crippen LogP contribution in [0.25, 0.3) is 0 Å². The zero-order valence-electron chi connectivity index (χ0n) is 9.91. The zero-order valence-corrected chi connectivity index (χ0v) is 12.3. The van der Waals surface area contributed by atoms with Gasteiger partial charge in [-0.3, -0.25) is 0 Å². The minimum atomic E-state index is 0.846. The number of methoxy groups -OCH3 is 1. The summed E-state index contributed by atoms with van der Waals surface area (Å²) in [6.45, 7) is 4.25. The Balaban J connectivity index is 2.01. The Bertz CT molecular complexity index is 354. The van der Waals surface area contributed by atoms with Crippen LogP contribution in [0.1, 0.15) is 11.1 Å². The van der Waals surface area contributed by atoms with Gasteiger partial charge < -0.3 is 0 Å². The molecule has 0 aromatic heterocycles. The maximum absolute atomic E-state index is 5.14. The van der Waals surface area contributed by atoms with Gasteiger partial charge in [0, 0.05) is 0 Å². The molecule has 3 heteroatoms. The molecule has 1 unspecified atom stereocenters. The second-order valence-electron chi connectivity index (χ2n) is 4.36. The van der Waals surface area contributed by atoms with Gasteiger partial charge in [0.2, 0.25) is 0 Å². The first-order valence-electron chi connectivity index (χ1n) is 5.88. The molecule has 1 aliphatic heterocycles. The number of rotatable bonds is 3. The van der Waals surface area contributed by atoms with Gasteiger partial charge in [-0.1, -0.05) is 0 Å². The van der Waals surface area contributed by atoms with Crippen molar-refractivity contribution in [2.45, 2.75) is 12.8 Å². The van der Waals surface area contributed by atoms with Crippen LogP contribution in [-0.2, 0) is 17.6 Å². The van der Waals surface area contributed by atoms with Crippen LogP contribution in [0.3, 0.4) is 0 Å². The van der Waals surface area contributed by atoms with Crippen molar-refractivity contribution in [2.24, 2.45) is 0 Å². The standard InChI is InChI=1S/C13H20AsNO/c1-16-9-8-15-6-4-11-2-3-13(14)10-12(11)5-7-15/h2-3,10H,4-9,14H2,1H3. The number of ether oxygens (including phenoxy) is 1. The van der Waals surface area contributed by atoms with Crippen LogP contribution < -0.4 is 4.35 Å². The summed E-state index contributed by atoms with van der Waals surface area (Å²) in [6, 6.07) is 6.94. The molecule has 0 spiro atoms. The molecule has 1 heterocycles. The summed E-state index contributed by atoms with van der Waals surface area (Å²) in [4.78, 5) is 2.50. The Hall–Kier alpha value is -0.302. The average molecular weight is 281 g/mol. The number of fused-ring (bicyclic) bond motifs is 1. The predicted molar refractivity (Wildman–Crippen MR) is 70.3 cm³/mol. The fourth-order valence-corrected chi connectivity index (χ4v) is 2.86. The van der Waals surface area contributed by atoms with Crippen molar-refractivity contribution in [2.75, 3.05) is 33.4 Å². The fraction of sp³-hybridized carbons (Fsp3) is 0.538. The third-order valence-corrected chi connectivity index (χ3v) is 3.99. The van der Waals surface area contributed by atoms with E-state index in [1.807, 2.05) is 0 Å². The van der Waals surface area contributed by atoms with E-state index < -0.39 is 0 Å². The van der Waals surface area contributed by atoms with Gasteiger partial charge >= 0.3 is 106 Å². The van der Waals surface area contributed by atoms with Crippen molar-refractivity contribution >= 4 is 21.2 Å². The molecule has 0 aliphatic carbocycles. The van der Waals surface area contributed by atoms with Crippen LogP contribution in [0.5, 0.6) is 0 Å². The predicted octanol–water partition coefficient (Wildman–Crippen LogP) is -0.00800. The maximum atomic E-state index is 5.14. The van der Waals surface area contributed by atoms with Gasteiger partial charge in [-0.15, -0.1) is 0 Å². The van der Waals surface area contributed by atoms with E-state index in [4.69, 9.17) is 4.74 Å². The molecule has 0 fully saturated rings. The topological polar surface area (TPSA) is 12.5 Å². The van der Waals surface area contributed by atoms with Crippen LogP contribution in [-0.4, -0.2) is 55.1 Å².